The van der Waals surface area contributed by atoms with E-state index in [1.54, 1.807) is 6.07 Å². The van der Waals surface area contributed by atoms with Gasteiger partial charge in [-0.05, 0) is 56.5 Å². The summed E-state index contributed by atoms with van der Waals surface area (Å²) in [5, 5.41) is 5.17. The van der Waals surface area contributed by atoms with Crippen LogP contribution >= 0.6 is 7.82 Å². The van der Waals surface area contributed by atoms with Crippen LogP contribution in [0.2, 0.25) is 0 Å². The van der Waals surface area contributed by atoms with Crippen LogP contribution in [0.3, 0.4) is 0 Å². The zero-order valence-electron chi connectivity index (χ0n) is 20.8. The second kappa shape index (κ2) is 11.2. The zero-order valence-corrected chi connectivity index (χ0v) is 21.7. The molecule has 3 aliphatic heterocycles. The number of anilines is 1. The Morgan fingerprint density at radius 1 is 1.13 bits per heavy atom. The predicted molar refractivity (Wildman–Crippen MR) is 137 cm³/mol. The second-order valence-corrected chi connectivity index (χ2v) is 10.9. The molecule has 4 heterocycles. The fourth-order valence-corrected chi connectivity index (χ4v) is 5.67. The van der Waals surface area contributed by atoms with Gasteiger partial charge in [-0.25, -0.2) is 8.96 Å². The lowest BCUT2D eigenvalue weighted by atomic mass is 9.91. The number of aryl methyl sites for hydroxylation is 1. The molecule has 0 bridgehead atoms. The Morgan fingerprint density at radius 2 is 1.89 bits per heavy atom. The highest BCUT2D eigenvalue weighted by atomic mass is 31.2. The van der Waals surface area contributed by atoms with Crippen LogP contribution in [0.4, 0.5) is 10.1 Å². The van der Waals surface area contributed by atoms with Crippen LogP contribution in [0.5, 0.6) is 0 Å². The molecular weight excluding hydrogens is 516 g/mol. The van der Waals surface area contributed by atoms with Gasteiger partial charge < -0.3 is 33.7 Å². The first-order valence-corrected chi connectivity index (χ1v) is 14.3. The third kappa shape index (κ3) is 6.14. The monoisotopic (exact) mass is 547 g/mol. The van der Waals surface area contributed by atoms with Crippen molar-refractivity contribution >= 4 is 30.4 Å². The number of carbonyl (C=O) groups excluding carboxylic acids is 1. The van der Waals surface area contributed by atoms with E-state index in [2.05, 4.69) is 28.3 Å². The maximum Gasteiger partial charge on any atom is 0.466 e. The number of ether oxygens (including phenoxy) is 1. The van der Waals surface area contributed by atoms with Gasteiger partial charge in [-0.15, -0.1) is 0 Å². The minimum absolute atomic E-state index is 0.0157. The van der Waals surface area contributed by atoms with Gasteiger partial charge in [0, 0.05) is 42.5 Å². The molecule has 204 valence electrons. The Labute approximate surface area is 219 Å². The predicted octanol–water partition coefficient (Wildman–Crippen LogP) is 3.66. The summed E-state index contributed by atoms with van der Waals surface area (Å²) in [7, 11) is -4.64. The van der Waals surface area contributed by atoms with E-state index in [9.17, 15) is 9.18 Å². The number of nitrogens with zero attached hydrogens (tertiary/aromatic N) is 3. The number of carbonyl (C=O) groups is 1. The number of halogens is 1. The zero-order chi connectivity index (χ0) is 26.9. The normalized spacial score (nSPS) is 19.9. The van der Waals surface area contributed by atoms with Gasteiger partial charge in [-0.1, -0.05) is 23.4 Å². The molecule has 1 aromatic heterocycles. The lowest BCUT2D eigenvalue weighted by Gasteiger charge is -2.31. The summed E-state index contributed by atoms with van der Waals surface area (Å²) in [6.07, 6.45) is 4.43. The summed E-state index contributed by atoms with van der Waals surface area (Å²) in [6, 6.07) is 11.0. The molecule has 3 aliphatic rings. The van der Waals surface area contributed by atoms with Crippen LogP contribution in [0.1, 0.15) is 54.5 Å². The van der Waals surface area contributed by atoms with Crippen molar-refractivity contribution in [1.82, 2.24) is 10.1 Å². The van der Waals surface area contributed by atoms with Crippen LogP contribution in [-0.4, -0.2) is 63.4 Å². The molecule has 10 nitrogen and oxygen atoms in total. The first-order valence-electron chi connectivity index (χ1n) is 12.8. The van der Waals surface area contributed by atoms with Crippen molar-refractivity contribution < 1.29 is 37.7 Å². The Hall–Kier alpha value is -2.66. The Bertz CT molecular complexity index is 1340. The molecular formula is C26H31FN3O7P. The van der Waals surface area contributed by atoms with Crippen molar-refractivity contribution in [3.8, 4) is 0 Å². The van der Waals surface area contributed by atoms with Crippen molar-refractivity contribution in [3.05, 3.63) is 59.0 Å². The molecule has 1 unspecified atom stereocenters. The summed E-state index contributed by atoms with van der Waals surface area (Å²) in [5.41, 5.74) is 5.03. The molecule has 0 spiro atoms. The molecule has 38 heavy (non-hydrogen) atoms. The minimum atomic E-state index is -4.64. The van der Waals surface area contributed by atoms with Gasteiger partial charge in [-0.2, -0.15) is 0 Å². The van der Waals surface area contributed by atoms with Gasteiger partial charge in [0.2, 0.25) is 5.91 Å². The van der Waals surface area contributed by atoms with Crippen molar-refractivity contribution in [3.63, 3.8) is 0 Å². The topological polar surface area (TPSA) is 137 Å². The van der Waals surface area contributed by atoms with Gasteiger partial charge >= 0.3 is 7.82 Å². The molecule has 3 aromatic rings. The molecule has 0 radical (unpaired) electrons. The lowest BCUT2D eigenvalue weighted by Crippen LogP contribution is -2.34. The van der Waals surface area contributed by atoms with Crippen LogP contribution in [-0.2, 0) is 20.5 Å². The fraction of sp³-hybridized carbons (Fsp3) is 0.462. The smallest absolute Gasteiger partial charge is 0.372 e. The van der Waals surface area contributed by atoms with Crippen molar-refractivity contribution in [2.45, 2.75) is 44.1 Å². The summed E-state index contributed by atoms with van der Waals surface area (Å²) < 4.78 is 33.9. The second-order valence-electron chi connectivity index (χ2n) is 9.91. The van der Waals surface area contributed by atoms with E-state index in [4.69, 9.17) is 28.5 Å². The number of phosphoric acid groups is 1. The molecule has 1 amide bonds. The molecule has 0 saturated carbocycles. The lowest BCUT2D eigenvalue weighted by molar-refractivity contribution is -0.119. The molecule has 0 aliphatic carbocycles. The molecule has 2 aromatic carbocycles. The number of fused-ring (bicyclic) bond motifs is 1. The minimum Gasteiger partial charge on any atom is -0.372 e. The number of hydrogen-bond donors (Lipinski definition) is 3. The number of hydrogen-bond acceptors (Lipinski definition) is 6. The summed E-state index contributed by atoms with van der Waals surface area (Å²) in [6.45, 7) is 4.36. The van der Waals surface area contributed by atoms with E-state index in [1.165, 1.54) is 23.3 Å². The standard InChI is InChI=1S/C26H28FN3O3.H3O4P/c27-19-6-7-20-22(15-19)33-28-25(20)17-9-12-29(13-10-17)11-2-14-32-23-16-30-24(31)8-5-18-3-1-4-21(23)26(18)30;1-5(2,3)4/h1,3-4,6-7,15,17,23H,2,5,8-14,16H2;(H3,1,2,3,4). The van der Waals surface area contributed by atoms with Gasteiger partial charge in [0.15, 0.2) is 5.58 Å². The van der Waals surface area contributed by atoms with Crippen molar-refractivity contribution in [1.29, 1.82) is 0 Å². The molecule has 1 atom stereocenters. The highest BCUT2D eigenvalue weighted by Crippen LogP contribution is 2.42. The Morgan fingerprint density at radius 3 is 2.66 bits per heavy atom. The number of likely N-dealkylation sites (tertiary alicyclic amines) is 1. The molecule has 12 heteroatoms. The van der Waals surface area contributed by atoms with E-state index in [1.807, 2.05) is 4.90 Å². The third-order valence-corrected chi connectivity index (χ3v) is 7.40. The third-order valence-electron chi connectivity index (χ3n) is 7.40. The molecule has 1 saturated heterocycles. The number of benzene rings is 2. The van der Waals surface area contributed by atoms with Gasteiger partial charge in [0.25, 0.3) is 0 Å². The van der Waals surface area contributed by atoms with Crippen LogP contribution in [0.15, 0.2) is 40.9 Å². The number of piperidine rings is 1. The molecule has 1 fully saturated rings. The largest absolute Gasteiger partial charge is 0.466 e. The fourth-order valence-electron chi connectivity index (χ4n) is 5.67. The highest BCUT2D eigenvalue weighted by Gasteiger charge is 2.37. The van der Waals surface area contributed by atoms with Gasteiger partial charge in [0.05, 0.1) is 17.9 Å². The summed E-state index contributed by atoms with van der Waals surface area (Å²) in [5.74, 6) is 0.274. The van der Waals surface area contributed by atoms with E-state index < -0.39 is 7.82 Å². The average Bonchev–Trinajstić information content (AvgIpc) is 3.46. The Kier molecular flexibility index (Phi) is 7.95. The van der Waals surface area contributed by atoms with E-state index >= 15 is 0 Å². The summed E-state index contributed by atoms with van der Waals surface area (Å²) >= 11 is 0. The maximum absolute atomic E-state index is 13.4. The highest BCUT2D eigenvalue weighted by molar-refractivity contribution is 7.45. The van der Waals surface area contributed by atoms with E-state index in [0.29, 0.717) is 31.1 Å². The first-order chi connectivity index (χ1) is 18.2. The van der Waals surface area contributed by atoms with Gasteiger partial charge in [-0.3, -0.25) is 4.79 Å². The molecule has 3 N–H and O–H groups in total. The number of amides is 1. The number of para-hydroxylation sites is 1. The van der Waals surface area contributed by atoms with Crippen LogP contribution < -0.4 is 4.90 Å². The Balaban J connectivity index is 0.000000540. The van der Waals surface area contributed by atoms with E-state index in [0.717, 1.165) is 62.1 Å². The average molecular weight is 548 g/mol. The van der Waals surface area contributed by atoms with Crippen molar-refractivity contribution in [2.75, 3.05) is 37.7 Å². The SMILES string of the molecule is O=C1CCc2cccc3c2N1CC3OCCCN1CCC(c2noc3cc(F)ccc23)CC1.O=P(O)(O)O. The first kappa shape index (κ1) is 26.9. The number of rotatable bonds is 6. The quantitative estimate of drug-likeness (QED) is 0.312. The van der Waals surface area contributed by atoms with Crippen LogP contribution in [0, 0.1) is 5.82 Å². The van der Waals surface area contributed by atoms with Crippen LogP contribution in [0.25, 0.3) is 11.0 Å². The summed E-state index contributed by atoms with van der Waals surface area (Å²) in [4.78, 5) is 38.3. The van der Waals surface area contributed by atoms with Crippen molar-refractivity contribution in [2.24, 2.45) is 0 Å². The van der Waals surface area contributed by atoms with Gasteiger partial charge in [0.1, 0.15) is 11.9 Å². The molecule has 6 rings (SSSR count). The number of aromatic nitrogens is 1. The maximum atomic E-state index is 13.4. The van der Waals surface area contributed by atoms with E-state index in [-0.39, 0.29) is 17.8 Å².